The Morgan fingerprint density at radius 2 is 2.21 bits per heavy atom. The van der Waals surface area contributed by atoms with Gasteiger partial charge in [-0.2, -0.15) is 0 Å². The van der Waals surface area contributed by atoms with Gasteiger partial charge in [-0.15, -0.1) is 11.8 Å². The van der Waals surface area contributed by atoms with Gasteiger partial charge < -0.3 is 14.6 Å². The minimum Gasteiger partial charge on any atom is -0.456 e. The molecule has 1 saturated heterocycles. The second kappa shape index (κ2) is 7.09. The summed E-state index contributed by atoms with van der Waals surface area (Å²) < 4.78 is 5.04. The van der Waals surface area contributed by atoms with Gasteiger partial charge in [0.15, 0.2) is 6.61 Å². The molecule has 1 aliphatic rings. The smallest absolute Gasteiger partial charge is 0.326 e. The van der Waals surface area contributed by atoms with Crippen LogP contribution in [0.3, 0.4) is 0 Å². The van der Waals surface area contributed by atoms with E-state index in [4.69, 9.17) is 4.74 Å². The average Bonchev–Trinajstić information content (AvgIpc) is 3.19. The predicted molar refractivity (Wildman–Crippen MR) is 92.0 cm³/mol. The number of thioether (sulfide) groups is 1. The molecule has 1 N–H and O–H groups in total. The van der Waals surface area contributed by atoms with Crippen molar-refractivity contribution >= 4 is 40.3 Å². The molecule has 1 amide bonds. The van der Waals surface area contributed by atoms with Crippen molar-refractivity contribution in [3.05, 3.63) is 35.5 Å². The van der Waals surface area contributed by atoms with Crippen LogP contribution in [-0.2, 0) is 20.7 Å². The molecule has 0 atom stereocenters. The average molecular weight is 346 g/mol. The fourth-order valence-electron chi connectivity index (χ4n) is 2.71. The van der Waals surface area contributed by atoms with Gasteiger partial charge in [-0.25, -0.2) is 0 Å². The number of H-pyrrole nitrogens is 1. The third kappa shape index (κ3) is 3.31. The number of ether oxygens (including phenoxy) is 1. The third-order valence-corrected chi connectivity index (χ3v) is 4.94. The van der Waals surface area contributed by atoms with Crippen molar-refractivity contribution in [1.82, 2.24) is 9.88 Å². The van der Waals surface area contributed by atoms with Crippen LogP contribution in [-0.4, -0.2) is 52.3 Å². The monoisotopic (exact) mass is 346 g/mol. The fraction of sp³-hybridized carbons (Fsp3) is 0.353. The van der Waals surface area contributed by atoms with E-state index in [0.29, 0.717) is 17.2 Å². The summed E-state index contributed by atoms with van der Waals surface area (Å²) in [6, 6.07) is 5.80. The number of esters is 1. The lowest BCUT2D eigenvalue weighted by Crippen LogP contribution is -2.33. The van der Waals surface area contributed by atoms with E-state index in [0.717, 1.165) is 22.9 Å². The molecule has 0 bridgehead atoms. The molecule has 1 aromatic carbocycles. The standard InChI is InChI=1S/C17H18N2O4S/c1-2-11-4-3-5-12-13(6-18-17(11)12)14(20)8-23-16(22)7-19-10-24-9-15(19)21/h3-6,18H,2,7-10H2,1H3. The summed E-state index contributed by atoms with van der Waals surface area (Å²) in [6.45, 7) is 1.63. The number of hydrogen-bond acceptors (Lipinski definition) is 5. The summed E-state index contributed by atoms with van der Waals surface area (Å²) in [5.74, 6) is -0.0175. The summed E-state index contributed by atoms with van der Waals surface area (Å²) in [7, 11) is 0. The molecule has 7 heteroatoms. The first-order chi connectivity index (χ1) is 11.6. The van der Waals surface area contributed by atoms with E-state index < -0.39 is 5.97 Å². The molecular formula is C17H18N2O4S. The maximum absolute atomic E-state index is 12.3. The number of para-hydroxylation sites is 1. The number of nitrogens with one attached hydrogen (secondary N) is 1. The van der Waals surface area contributed by atoms with Crippen molar-refractivity contribution in [3.63, 3.8) is 0 Å². The van der Waals surface area contributed by atoms with Gasteiger partial charge in [0, 0.05) is 22.7 Å². The van der Waals surface area contributed by atoms with Crippen molar-refractivity contribution in [2.75, 3.05) is 24.8 Å². The van der Waals surface area contributed by atoms with E-state index in [2.05, 4.69) is 11.9 Å². The van der Waals surface area contributed by atoms with Crippen LogP contribution >= 0.6 is 11.8 Å². The summed E-state index contributed by atoms with van der Waals surface area (Å²) in [5.41, 5.74) is 2.59. The number of aromatic amines is 1. The van der Waals surface area contributed by atoms with Gasteiger partial charge in [0.1, 0.15) is 6.54 Å². The number of aryl methyl sites for hydroxylation is 1. The molecule has 2 heterocycles. The maximum Gasteiger partial charge on any atom is 0.326 e. The molecule has 0 saturated carbocycles. The molecule has 3 rings (SSSR count). The van der Waals surface area contributed by atoms with Gasteiger partial charge in [0.05, 0.1) is 11.6 Å². The molecule has 126 valence electrons. The second-order valence-electron chi connectivity index (χ2n) is 5.55. The summed E-state index contributed by atoms with van der Waals surface area (Å²) >= 11 is 1.46. The number of amides is 1. The summed E-state index contributed by atoms with van der Waals surface area (Å²) in [5, 5.41) is 0.835. The minimum absolute atomic E-state index is 0.0769. The van der Waals surface area contributed by atoms with Crippen LogP contribution in [0.5, 0.6) is 0 Å². The van der Waals surface area contributed by atoms with Crippen LogP contribution in [0.4, 0.5) is 0 Å². The molecule has 0 spiro atoms. The van der Waals surface area contributed by atoms with Crippen LogP contribution in [0.1, 0.15) is 22.8 Å². The lowest BCUT2D eigenvalue weighted by molar-refractivity contribution is -0.146. The van der Waals surface area contributed by atoms with Crippen LogP contribution in [0.25, 0.3) is 10.9 Å². The van der Waals surface area contributed by atoms with E-state index in [9.17, 15) is 14.4 Å². The highest BCUT2D eigenvalue weighted by Gasteiger charge is 2.24. The van der Waals surface area contributed by atoms with Crippen molar-refractivity contribution < 1.29 is 19.1 Å². The Labute approximate surface area is 143 Å². The van der Waals surface area contributed by atoms with Crippen molar-refractivity contribution in [2.24, 2.45) is 0 Å². The third-order valence-electron chi connectivity index (χ3n) is 3.99. The summed E-state index contributed by atoms with van der Waals surface area (Å²) in [6.07, 6.45) is 2.52. The van der Waals surface area contributed by atoms with Crippen LogP contribution in [0, 0.1) is 0 Å². The molecule has 1 fully saturated rings. The molecule has 1 aliphatic heterocycles. The van der Waals surface area contributed by atoms with E-state index in [1.165, 1.54) is 16.7 Å². The van der Waals surface area contributed by atoms with E-state index in [1.807, 2.05) is 18.2 Å². The topological polar surface area (TPSA) is 79.5 Å². The zero-order valence-electron chi connectivity index (χ0n) is 13.3. The molecule has 1 aromatic heterocycles. The van der Waals surface area contributed by atoms with Crippen LogP contribution < -0.4 is 0 Å². The molecule has 0 unspecified atom stereocenters. The highest BCUT2D eigenvalue weighted by molar-refractivity contribution is 8.00. The Morgan fingerprint density at radius 3 is 2.92 bits per heavy atom. The highest BCUT2D eigenvalue weighted by atomic mass is 32.2. The zero-order chi connectivity index (χ0) is 17.1. The minimum atomic E-state index is -0.562. The van der Waals surface area contributed by atoms with Gasteiger partial charge in [0.25, 0.3) is 0 Å². The van der Waals surface area contributed by atoms with Gasteiger partial charge >= 0.3 is 5.97 Å². The summed E-state index contributed by atoms with van der Waals surface area (Å²) in [4.78, 5) is 40.2. The fourth-order valence-corrected chi connectivity index (χ4v) is 3.61. The van der Waals surface area contributed by atoms with E-state index in [-0.39, 0.29) is 24.8 Å². The number of carbonyl (C=O) groups excluding carboxylic acids is 3. The number of carbonyl (C=O) groups is 3. The number of aromatic nitrogens is 1. The van der Waals surface area contributed by atoms with E-state index in [1.54, 1.807) is 6.20 Å². The number of fused-ring (bicyclic) bond motifs is 1. The van der Waals surface area contributed by atoms with Crippen LogP contribution in [0.15, 0.2) is 24.4 Å². The Bertz CT molecular complexity index is 799. The first-order valence-corrected chi connectivity index (χ1v) is 8.89. The Hall–Kier alpha value is -2.28. The molecular weight excluding hydrogens is 328 g/mol. The lowest BCUT2D eigenvalue weighted by Gasteiger charge is -2.13. The number of nitrogens with zero attached hydrogens (tertiary/aromatic N) is 1. The first-order valence-electron chi connectivity index (χ1n) is 7.73. The van der Waals surface area contributed by atoms with Crippen molar-refractivity contribution in [1.29, 1.82) is 0 Å². The number of Topliss-reactive ketones (excluding diaryl/α,β-unsaturated/α-hetero) is 1. The Kier molecular flexibility index (Phi) is 4.89. The van der Waals surface area contributed by atoms with Gasteiger partial charge in [-0.3, -0.25) is 14.4 Å². The van der Waals surface area contributed by atoms with Crippen LogP contribution in [0.2, 0.25) is 0 Å². The number of ketones is 1. The largest absolute Gasteiger partial charge is 0.456 e. The van der Waals surface area contributed by atoms with Gasteiger partial charge in [-0.05, 0) is 12.0 Å². The SMILES string of the molecule is CCc1cccc2c(C(=O)COC(=O)CN3CSCC3=O)c[nH]c12. The highest BCUT2D eigenvalue weighted by Crippen LogP contribution is 2.22. The number of benzene rings is 1. The zero-order valence-corrected chi connectivity index (χ0v) is 14.1. The van der Waals surface area contributed by atoms with Crippen molar-refractivity contribution in [3.8, 4) is 0 Å². The molecule has 0 aliphatic carbocycles. The first kappa shape index (κ1) is 16.6. The normalized spacial score (nSPS) is 14.4. The maximum atomic E-state index is 12.3. The quantitative estimate of drug-likeness (QED) is 0.639. The lowest BCUT2D eigenvalue weighted by atomic mass is 10.1. The predicted octanol–water partition coefficient (Wildman–Crippen LogP) is 1.99. The van der Waals surface area contributed by atoms with Gasteiger partial charge in [0.2, 0.25) is 11.7 Å². The van der Waals surface area contributed by atoms with Crippen molar-refractivity contribution in [2.45, 2.75) is 13.3 Å². The Morgan fingerprint density at radius 1 is 1.38 bits per heavy atom. The molecule has 2 aromatic rings. The number of rotatable bonds is 6. The molecule has 24 heavy (non-hydrogen) atoms. The Balaban J connectivity index is 1.63. The second-order valence-corrected chi connectivity index (χ2v) is 6.50. The molecule has 0 radical (unpaired) electrons. The van der Waals surface area contributed by atoms with E-state index >= 15 is 0 Å². The number of hydrogen-bond donors (Lipinski definition) is 1. The molecule has 6 nitrogen and oxygen atoms in total. The van der Waals surface area contributed by atoms with Gasteiger partial charge in [-0.1, -0.05) is 25.1 Å².